The molecule has 160 valence electrons. The predicted molar refractivity (Wildman–Crippen MR) is 126 cm³/mol. The first kappa shape index (κ1) is 22.0. The minimum absolute atomic E-state index is 0. The smallest absolute Gasteiger partial charge is 0.222 e. The average molecular weight is 428 g/mol. The van der Waals surface area contributed by atoms with Gasteiger partial charge in [-0.1, -0.05) is 13.0 Å². The third kappa shape index (κ3) is 4.11. The number of halogens is 1. The molecule has 2 unspecified atom stereocenters. The molecule has 7 heteroatoms. The number of fused-ring (bicyclic) bond motifs is 1. The van der Waals surface area contributed by atoms with Crippen LogP contribution in [0.1, 0.15) is 31.4 Å². The largest absolute Gasteiger partial charge is 0.399 e. The normalized spacial score (nSPS) is 19.0. The van der Waals surface area contributed by atoms with E-state index >= 15 is 0 Å². The Morgan fingerprint density at radius 1 is 1.13 bits per heavy atom. The van der Waals surface area contributed by atoms with E-state index < -0.39 is 0 Å². The minimum Gasteiger partial charge on any atom is -0.399 e. The van der Waals surface area contributed by atoms with Crippen LogP contribution in [0.15, 0.2) is 54.7 Å². The Labute approximate surface area is 183 Å². The molecule has 0 bridgehead atoms. The lowest BCUT2D eigenvalue weighted by molar-refractivity contribution is -0.134. The van der Waals surface area contributed by atoms with Crippen LogP contribution in [0.3, 0.4) is 0 Å². The van der Waals surface area contributed by atoms with Crippen molar-refractivity contribution in [3.63, 3.8) is 0 Å². The molecule has 1 aliphatic heterocycles. The molecule has 0 spiro atoms. The highest BCUT2D eigenvalue weighted by Crippen LogP contribution is 2.37. The number of hydrogen-bond acceptors (Lipinski definition) is 4. The van der Waals surface area contributed by atoms with Gasteiger partial charge in [0.25, 0.3) is 0 Å². The van der Waals surface area contributed by atoms with Crippen LogP contribution >= 0.6 is 12.4 Å². The first-order valence-electron chi connectivity index (χ1n) is 10.3. The second-order valence-corrected chi connectivity index (χ2v) is 7.64. The summed E-state index contributed by atoms with van der Waals surface area (Å²) in [7, 11) is 0. The number of rotatable bonds is 5. The summed E-state index contributed by atoms with van der Waals surface area (Å²) < 4.78 is 0. The van der Waals surface area contributed by atoms with Gasteiger partial charge in [0.1, 0.15) is 0 Å². The molecular formula is C23H30ClN5O. The number of carbonyl (C=O) groups excluding carboxylic acids is 1. The summed E-state index contributed by atoms with van der Waals surface area (Å²) in [6.45, 7) is 3.96. The predicted octanol–water partition coefficient (Wildman–Crippen LogP) is 3.69. The maximum atomic E-state index is 12.9. The number of aromatic nitrogens is 1. The van der Waals surface area contributed by atoms with Crippen molar-refractivity contribution in [1.82, 2.24) is 9.88 Å². The molecule has 6 nitrogen and oxygen atoms in total. The van der Waals surface area contributed by atoms with Crippen LogP contribution < -0.4 is 16.4 Å². The fourth-order valence-corrected chi connectivity index (χ4v) is 4.51. The first-order chi connectivity index (χ1) is 14.1. The van der Waals surface area contributed by atoms with Crippen LogP contribution in [0.2, 0.25) is 0 Å². The van der Waals surface area contributed by atoms with E-state index in [9.17, 15) is 4.79 Å². The number of nitrogens with one attached hydrogen (secondary N) is 1. The van der Waals surface area contributed by atoms with Gasteiger partial charge in [0.05, 0.1) is 12.1 Å². The monoisotopic (exact) mass is 427 g/mol. The standard InChI is InChI=1S/C23H29N5O.ClH/c1-2-22(29)28-14-13-27(19-6-4-18(25)5-7-19)21(9-11-24)23(28)17-3-8-20-16(15-17)10-12-26-20;/h3-8,10,12,15,21,23,26H,2,9,11,13-14,24-25H2,1H3;1H. The van der Waals surface area contributed by atoms with E-state index in [0.717, 1.165) is 40.8 Å². The van der Waals surface area contributed by atoms with Crippen molar-refractivity contribution >= 4 is 40.6 Å². The highest BCUT2D eigenvalue weighted by atomic mass is 35.5. The lowest BCUT2D eigenvalue weighted by Gasteiger charge is -2.49. The van der Waals surface area contributed by atoms with Crippen molar-refractivity contribution in [2.75, 3.05) is 30.3 Å². The molecule has 1 saturated heterocycles. The van der Waals surface area contributed by atoms with Gasteiger partial charge in [-0.3, -0.25) is 4.79 Å². The summed E-state index contributed by atoms with van der Waals surface area (Å²) in [5.41, 5.74) is 16.1. The van der Waals surface area contributed by atoms with Crippen molar-refractivity contribution in [1.29, 1.82) is 0 Å². The summed E-state index contributed by atoms with van der Waals surface area (Å²) in [6.07, 6.45) is 3.25. The number of benzene rings is 2. The highest BCUT2D eigenvalue weighted by molar-refractivity contribution is 5.85. The molecule has 1 aromatic heterocycles. The molecule has 1 fully saturated rings. The maximum Gasteiger partial charge on any atom is 0.222 e. The van der Waals surface area contributed by atoms with E-state index in [4.69, 9.17) is 11.5 Å². The number of hydrogen-bond donors (Lipinski definition) is 3. The molecule has 2 heterocycles. The van der Waals surface area contributed by atoms with Crippen LogP contribution in [0.5, 0.6) is 0 Å². The Balaban J connectivity index is 0.00000256. The van der Waals surface area contributed by atoms with E-state index in [2.05, 4.69) is 46.3 Å². The molecule has 2 atom stereocenters. The minimum atomic E-state index is -0.0448. The molecule has 2 aromatic carbocycles. The second kappa shape index (κ2) is 9.41. The van der Waals surface area contributed by atoms with Crippen molar-refractivity contribution in [3.05, 3.63) is 60.3 Å². The Bertz CT molecular complexity index is 987. The third-order valence-electron chi connectivity index (χ3n) is 5.91. The van der Waals surface area contributed by atoms with E-state index in [1.165, 1.54) is 0 Å². The SMILES string of the molecule is CCC(=O)N1CCN(c2ccc(N)cc2)C(CCN)C1c1ccc2[nH]ccc2c1.Cl. The highest BCUT2D eigenvalue weighted by Gasteiger charge is 2.39. The van der Waals surface area contributed by atoms with Gasteiger partial charge in [0.15, 0.2) is 0 Å². The number of carbonyl (C=O) groups is 1. The van der Waals surface area contributed by atoms with E-state index in [1.54, 1.807) is 0 Å². The first-order valence-corrected chi connectivity index (χ1v) is 10.3. The van der Waals surface area contributed by atoms with Gasteiger partial charge in [-0.15, -0.1) is 12.4 Å². The third-order valence-corrected chi connectivity index (χ3v) is 5.91. The lowest BCUT2D eigenvalue weighted by Crippen LogP contribution is -2.57. The molecule has 0 aliphatic carbocycles. The average Bonchev–Trinajstić information content (AvgIpc) is 3.21. The molecular weight excluding hydrogens is 398 g/mol. The van der Waals surface area contributed by atoms with Crippen molar-refractivity contribution < 1.29 is 4.79 Å². The fourth-order valence-electron chi connectivity index (χ4n) is 4.51. The molecule has 1 aliphatic rings. The van der Waals surface area contributed by atoms with Crippen LogP contribution in [-0.4, -0.2) is 41.5 Å². The molecule has 5 N–H and O–H groups in total. The van der Waals surface area contributed by atoms with Gasteiger partial charge in [-0.05, 0) is 66.4 Å². The van der Waals surface area contributed by atoms with Gasteiger partial charge < -0.3 is 26.3 Å². The Morgan fingerprint density at radius 3 is 2.60 bits per heavy atom. The summed E-state index contributed by atoms with van der Waals surface area (Å²) >= 11 is 0. The fraction of sp³-hybridized carbons (Fsp3) is 0.348. The molecule has 0 radical (unpaired) electrons. The summed E-state index contributed by atoms with van der Waals surface area (Å²) in [5.74, 6) is 0.183. The van der Waals surface area contributed by atoms with Gasteiger partial charge in [-0.25, -0.2) is 0 Å². The zero-order valence-corrected chi connectivity index (χ0v) is 18.1. The topological polar surface area (TPSA) is 91.4 Å². The van der Waals surface area contributed by atoms with Gasteiger partial charge >= 0.3 is 0 Å². The summed E-state index contributed by atoms with van der Waals surface area (Å²) in [5, 5.41) is 1.16. The Hall–Kier alpha value is -2.70. The number of nitrogen functional groups attached to an aromatic ring is 1. The number of piperazine rings is 1. The van der Waals surface area contributed by atoms with Crippen molar-refractivity contribution in [3.8, 4) is 0 Å². The second-order valence-electron chi connectivity index (χ2n) is 7.64. The van der Waals surface area contributed by atoms with E-state index in [-0.39, 0.29) is 30.4 Å². The Morgan fingerprint density at radius 2 is 1.90 bits per heavy atom. The number of amides is 1. The number of H-pyrrole nitrogens is 1. The molecule has 30 heavy (non-hydrogen) atoms. The van der Waals surface area contributed by atoms with E-state index in [0.29, 0.717) is 19.5 Å². The number of nitrogens with zero attached hydrogens (tertiary/aromatic N) is 2. The van der Waals surface area contributed by atoms with Crippen LogP contribution in [-0.2, 0) is 4.79 Å². The zero-order chi connectivity index (χ0) is 20.4. The molecule has 1 amide bonds. The molecule has 4 rings (SSSR count). The van der Waals surface area contributed by atoms with Gasteiger partial charge in [0, 0.05) is 42.6 Å². The van der Waals surface area contributed by atoms with Gasteiger partial charge in [0.2, 0.25) is 5.91 Å². The van der Waals surface area contributed by atoms with Gasteiger partial charge in [-0.2, -0.15) is 0 Å². The van der Waals surface area contributed by atoms with Crippen molar-refractivity contribution in [2.45, 2.75) is 31.8 Å². The van der Waals surface area contributed by atoms with Crippen LogP contribution in [0.4, 0.5) is 11.4 Å². The number of nitrogens with two attached hydrogens (primary N) is 2. The molecule has 0 saturated carbocycles. The number of anilines is 2. The maximum absolute atomic E-state index is 12.9. The lowest BCUT2D eigenvalue weighted by atomic mass is 9.90. The summed E-state index contributed by atoms with van der Waals surface area (Å²) in [4.78, 5) is 20.5. The van der Waals surface area contributed by atoms with Crippen molar-refractivity contribution in [2.24, 2.45) is 5.73 Å². The molecule has 3 aromatic rings. The zero-order valence-electron chi connectivity index (χ0n) is 17.3. The van der Waals surface area contributed by atoms with E-state index in [1.807, 2.05) is 30.2 Å². The number of aromatic amines is 1. The van der Waals surface area contributed by atoms with Crippen LogP contribution in [0, 0.1) is 0 Å². The summed E-state index contributed by atoms with van der Waals surface area (Å²) in [6, 6.07) is 16.5. The Kier molecular flexibility index (Phi) is 6.90. The quantitative estimate of drug-likeness (QED) is 0.541. The van der Waals surface area contributed by atoms with Crippen LogP contribution in [0.25, 0.3) is 10.9 Å².